The normalized spacial score (nSPS) is 13.2. The molecule has 0 aromatic heterocycles. The highest BCUT2D eigenvalue weighted by Crippen LogP contribution is 2.05. The highest BCUT2D eigenvalue weighted by atomic mass is 35.5. The van der Waals surface area contributed by atoms with Gasteiger partial charge in [-0.3, -0.25) is 0 Å². The molecule has 2 heteroatoms. The Labute approximate surface area is 55.5 Å². The Kier molecular flexibility index (Phi) is 5.13. The molecule has 0 radical (unpaired) electrons. The number of alkyl halides is 1. The van der Waals surface area contributed by atoms with E-state index < -0.39 is 0 Å². The first-order chi connectivity index (χ1) is 3.81. The number of halogens is 1. The Morgan fingerprint density at radius 3 is 2.75 bits per heavy atom. The minimum absolute atomic E-state index is 0.192. The van der Waals surface area contributed by atoms with Crippen LogP contribution < -0.4 is 5.73 Å². The number of allylic oxidation sites excluding steroid dienone is 1. The number of nitrogens with two attached hydrogens (primary N) is 1. The lowest BCUT2D eigenvalue weighted by atomic mass is 10.2. The summed E-state index contributed by atoms with van der Waals surface area (Å²) in [5.74, 6) is 0. The lowest BCUT2D eigenvalue weighted by Gasteiger charge is -2.00. The van der Waals surface area contributed by atoms with E-state index in [9.17, 15) is 0 Å². The highest BCUT2D eigenvalue weighted by Gasteiger charge is 1.97. The SMILES string of the molecule is C=CCC(Cl)CCN. The van der Waals surface area contributed by atoms with Crippen LogP contribution in [0, 0.1) is 0 Å². The van der Waals surface area contributed by atoms with E-state index in [0.717, 1.165) is 12.8 Å². The molecule has 0 spiro atoms. The van der Waals surface area contributed by atoms with E-state index >= 15 is 0 Å². The van der Waals surface area contributed by atoms with E-state index in [1.165, 1.54) is 0 Å². The third kappa shape index (κ3) is 4.16. The smallest absolute Gasteiger partial charge is 0.0382 e. The molecule has 8 heavy (non-hydrogen) atoms. The summed E-state index contributed by atoms with van der Waals surface area (Å²) < 4.78 is 0. The van der Waals surface area contributed by atoms with Gasteiger partial charge in [-0.2, -0.15) is 0 Å². The molecule has 0 saturated heterocycles. The van der Waals surface area contributed by atoms with Gasteiger partial charge in [-0.1, -0.05) is 6.08 Å². The van der Waals surface area contributed by atoms with Crippen LogP contribution in [-0.2, 0) is 0 Å². The molecule has 0 aliphatic carbocycles. The minimum Gasteiger partial charge on any atom is -0.330 e. The molecule has 0 aromatic rings. The van der Waals surface area contributed by atoms with Gasteiger partial charge in [0.2, 0.25) is 0 Å². The van der Waals surface area contributed by atoms with Gasteiger partial charge in [0.05, 0.1) is 0 Å². The zero-order chi connectivity index (χ0) is 6.41. The first-order valence-corrected chi connectivity index (χ1v) is 3.20. The Morgan fingerprint density at radius 2 is 2.38 bits per heavy atom. The summed E-state index contributed by atoms with van der Waals surface area (Å²) in [6, 6.07) is 0. The summed E-state index contributed by atoms with van der Waals surface area (Å²) in [5.41, 5.74) is 5.24. The molecular formula is C6H12ClN. The largest absolute Gasteiger partial charge is 0.330 e. The summed E-state index contributed by atoms with van der Waals surface area (Å²) in [6.45, 7) is 4.23. The van der Waals surface area contributed by atoms with E-state index in [4.69, 9.17) is 17.3 Å². The predicted octanol–water partition coefficient (Wildman–Crippen LogP) is 1.52. The second-order valence-corrected chi connectivity index (χ2v) is 2.32. The quantitative estimate of drug-likeness (QED) is 0.457. The van der Waals surface area contributed by atoms with Crippen LogP contribution in [0.2, 0.25) is 0 Å². The number of hydrogen-bond donors (Lipinski definition) is 1. The zero-order valence-electron chi connectivity index (χ0n) is 4.94. The van der Waals surface area contributed by atoms with Crippen LogP contribution in [0.25, 0.3) is 0 Å². The van der Waals surface area contributed by atoms with Crippen LogP contribution in [0.3, 0.4) is 0 Å². The van der Waals surface area contributed by atoms with Crippen LogP contribution in [-0.4, -0.2) is 11.9 Å². The van der Waals surface area contributed by atoms with Gasteiger partial charge in [0.1, 0.15) is 0 Å². The molecule has 0 aliphatic heterocycles. The van der Waals surface area contributed by atoms with Crippen molar-refractivity contribution in [3.8, 4) is 0 Å². The van der Waals surface area contributed by atoms with Gasteiger partial charge >= 0.3 is 0 Å². The fraction of sp³-hybridized carbons (Fsp3) is 0.667. The van der Waals surface area contributed by atoms with Crippen LogP contribution in [0.4, 0.5) is 0 Å². The fourth-order valence-corrected chi connectivity index (χ4v) is 0.732. The molecule has 0 aromatic carbocycles. The van der Waals surface area contributed by atoms with E-state index in [-0.39, 0.29) is 5.38 Å². The van der Waals surface area contributed by atoms with Crippen molar-refractivity contribution in [1.82, 2.24) is 0 Å². The van der Waals surface area contributed by atoms with E-state index in [2.05, 4.69) is 6.58 Å². The lowest BCUT2D eigenvalue weighted by molar-refractivity contribution is 0.768. The van der Waals surface area contributed by atoms with E-state index in [0.29, 0.717) is 6.54 Å². The summed E-state index contributed by atoms with van der Waals surface area (Å²) in [7, 11) is 0. The Hall–Kier alpha value is -0.0100. The van der Waals surface area contributed by atoms with Crippen molar-refractivity contribution in [3.05, 3.63) is 12.7 Å². The van der Waals surface area contributed by atoms with Crippen LogP contribution in [0.1, 0.15) is 12.8 Å². The average Bonchev–Trinajstić information content (AvgIpc) is 1.68. The molecule has 0 fully saturated rings. The van der Waals surface area contributed by atoms with Crippen molar-refractivity contribution in [2.75, 3.05) is 6.54 Å². The van der Waals surface area contributed by atoms with Gasteiger partial charge in [0.25, 0.3) is 0 Å². The second kappa shape index (κ2) is 5.13. The standard InChI is InChI=1S/C6H12ClN/c1-2-3-6(7)4-5-8/h2,6H,1,3-5,8H2. The molecule has 0 bridgehead atoms. The molecule has 1 atom stereocenters. The number of rotatable bonds is 4. The van der Waals surface area contributed by atoms with Crippen molar-refractivity contribution >= 4 is 11.6 Å². The fourth-order valence-electron chi connectivity index (χ4n) is 0.480. The molecule has 1 unspecified atom stereocenters. The Bertz CT molecular complexity index is 63.5. The Balaban J connectivity index is 3.03. The predicted molar refractivity (Wildman–Crippen MR) is 38.1 cm³/mol. The van der Waals surface area contributed by atoms with Gasteiger partial charge in [0, 0.05) is 5.38 Å². The topological polar surface area (TPSA) is 26.0 Å². The van der Waals surface area contributed by atoms with Crippen molar-refractivity contribution in [3.63, 3.8) is 0 Å². The molecule has 0 amide bonds. The summed E-state index contributed by atoms with van der Waals surface area (Å²) >= 11 is 5.73. The Morgan fingerprint density at radius 1 is 1.75 bits per heavy atom. The summed E-state index contributed by atoms with van der Waals surface area (Å²) in [6.07, 6.45) is 3.56. The van der Waals surface area contributed by atoms with Gasteiger partial charge in [-0.25, -0.2) is 0 Å². The molecule has 2 N–H and O–H groups in total. The minimum atomic E-state index is 0.192. The van der Waals surface area contributed by atoms with Gasteiger partial charge in [-0.05, 0) is 19.4 Å². The monoisotopic (exact) mass is 133 g/mol. The summed E-state index contributed by atoms with van der Waals surface area (Å²) in [4.78, 5) is 0. The van der Waals surface area contributed by atoms with Crippen molar-refractivity contribution in [2.45, 2.75) is 18.2 Å². The maximum Gasteiger partial charge on any atom is 0.0382 e. The first kappa shape index (κ1) is 7.99. The summed E-state index contributed by atoms with van der Waals surface area (Å²) in [5, 5.41) is 0.192. The van der Waals surface area contributed by atoms with Crippen molar-refractivity contribution in [2.24, 2.45) is 5.73 Å². The van der Waals surface area contributed by atoms with Crippen LogP contribution in [0.15, 0.2) is 12.7 Å². The second-order valence-electron chi connectivity index (χ2n) is 1.70. The van der Waals surface area contributed by atoms with Crippen molar-refractivity contribution in [1.29, 1.82) is 0 Å². The molecule has 0 rings (SSSR count). The third-order valence-electron chi connectivity index (χ3n) is 0.902. The van der Waals surface area contributed by atoms with Crippen LogP contribution >= 0.6 is 11.6 Å². The van der Waals surface area contributed by atoms with Gasteiger partial charge in [0.15, 0.2) is 0 Å². The lowest BCUT2D eigenvalue weighted by Crippen LogP contribution is -2.06. The highest BCUT2D eigenvalue weighted by molar-refractivity contribution is 6.20. The molecule has 0 saturated carbocycles. The molecule has 48 valence electrons. The average molecular weight is 134 g/mol. The zero-order valence-corrected chi connectivity index (χ0v) is 5.69. The van der Waals surface area contributed by atoms with E-state index in [1.54, 1.807) is 0 Å². The van der Waals surface area contributed by atoms with Crippen molar-refractivity contribution < 1.29 is 0 Å². The maximum atomic E-state index is 5.73. The van der Waals surface area contributed by atoms with Gasteiger partial charge < -0.3 is 5.73 Å². The maximum absolute atomic E-state index is 5.73. The number of hydrogen-bond acceptors (Lipinski definition) is 1. The molecule has 0 heterocycles. The first-order valence-electron chi connectivity index (χ1n) is 2.76. The third-order valence-corrected chi connectivity index (χ3v) is 1.30. The molecule has 0 aliphatic rings. The van der Waals surface area contributed by atoms with E-state index in [1.807, 2.05) is 6.08 Å². The van der Waals surface area contributed by atoms with Gasteiger partial charge in [-0.15, -0.1) is 18.2 Å². The van der Waals surface area contributed by atoms with Crippen LogP contribution in [0.5, 0.6) is 0 Å². The molecular weight excluding hydrogens is 122 g/mol. The molecule has 1 nitrogen and oxygen atoms in total.